The van der Waals surface area contributed by atoms with Crippen molar-refractivity contribution in [3.63, 3.8) is 0 Å². The topological polar surface area (TPSA) is 59.4 Å². The van der Waals surface area contributed by atoms with Crippen LogP contribution in [-0.2, 0) is 22.2 Å². The highest BCUT2D eigenvalue weighted by atomic mass is 16.5. The summed E-state index contributed by atoms with van der Waals surface area (Å²) in [5.74, 6) is 0.946. The van der Waals surface area contributed by atoms with Crippen LogP contribution in [0.15, 0.2) is 12.4 Å². The number of aryl methyl sites for hydroxylation is 1. The van der Waals surface area contributed by atoms with Gasteiger partial charge in [0.05, 0.1) is 25.4 Å². The lowest BCUT2D eigenvalue weighted by Crippen LogP contribution is -2.54. The molecule has 1 amide bonds. The zero-order valence-electron chi connectivity index (χ0n) is 14.7. The highest BCUT2D eigenvalue weighted by Crippen LogP contribution is 2.35. The summed E-state index contributed by atoms with van der Waals surface area (Å²) >= 11 is 0. The third-order valence-corrected chi connectivity index (χ3v) is 6.06. The minimum atomic E-state index is -0.465. The Hall–Kier alpha value is -1.40. The molecule has 0 spiro atoms. The van der Waals surface area contributed by atoms with Gasteiger partial charge in [-0.3, -0.25) is 9.48 Å². The number of ether oxygens (including phenoxy) is 1. The first-order valence-corrected chi connectivity index (χ1v) is 9.23. The quantitative estimate of drug-likeness (QED) is 0.890. The van der Waals surface area contributed by atoms with E-state index in [0.29, 0.717) is 31.7 Å². The molecule has 1 saturated carbocycles. The number of nitrogens with zero attached hydrogens (tertiary/aromatic N) is 3. The molecule has 0 bridgehead atoms. The third-order valence-electron chi connectivity index (χ3n) is 6.06. The molecule has 1 aromatic rings. The van der Waals surface area contributed by atoms with E-state index in [1.165, 1.54) is 25.7 Å². The van der Waals surface area contributed by atoms with Crippen LogP contribution in [0, 0.1) is 5.92 Å². The molecule has 0 radical (unpaired) electrons. The lowest BCUT2D eigenvalue weighted by molar-refractivity contribution is -0.151. The third kappa shape index (κ3) is 2.86. The van der Waals surface area contributed by atoms with Crippen LogP contribution in [0.25, 0.3) is 0 Å². The molecule has 6 nitrogen and oxygen atoms in total. The fourth-order valence-electron chi connectivity index (χ4n) is 4.66. The van der Waals surface area contributed by atoms with Crippen LogP contribution in [-0.4, -0.2) is 52.4 Å². The van der Waals surface area contributed by atoms with Crippen molar-refractivity contribution >= 4 is 5.91 Å². The van der Waals surface area contributed by atoms with Gasteiger partial charge in [-0.1, -0.05) is 12.8 Å². The number of rotatable bonds is 2. The number of amides is 1. The molecule has 24 heavy (non-hydrogen) atoms. The highest BCUT2D eigenvalue weighted by molar-refractivity contribution is 5.82. The molecule has 1 aromatic heterocycles. The maximum atomic E-state index is 13.1. The molecule has 4 rings (SSSR count). The van der Waals surface area contributed by atoms with E-state index in [9.17, 15) is 4.79 Å². The van der Waals surface area contributed by atoms with Crippen LogP contribution in [0.2, 0.25) is 0 Å². The van der Waals surface area contributed by atoms with E-state index in [2.05, 4.69) is 17.3 Å². The number of carbonyl (C=O) groups is 1. The SMILES string of the molecule is Cn1cc(C2(C)CN(C(=O)C3CC4CCCCC4N3)CCO2)cn1. The Morgan fingerprint density at radius 1 is 1.42 bits per heavy atom. The normalized spacial score (nSPS) is 36.6. The van der Waals surface area contributed by atoms with Gasteiger partial charge < -0.3 is 15.0 Å². The average molecular weight is 332 g/mol. The molecule has 3 fully saturated rings. The second kappa shape index (κ2) is 6.15. The second-order valence-corrected chi connectivity index (χ2v) is 7.85. The molecule has 6 heteroatoms. The van der Waals surface area contributed by atoms with E-state index in [1.54, 1.807) is 4.68 Å². The number of aromatic nitrogens is 2. The van der Waals surface area contributed by atoms with Gasteiger partial charge in [0.2, 0.25) is 5.91 Å². The minimum Gasteiger partial charge on any atom is -0.367 e. The molecule has 4 atom stereocenters. The number of hydrogen-bond acceptors (Lipinski definition) is 4. The standard InChI is InChI=1S/C18H28N4O2/c1-18(14-10-19-21(2)11-14)12-22(7-8-24-18)17(23)16-9-13-5-3-4-6-15(13)20-16/h10-11,13,15-16,20H,3-9,12H2,1-2H3. The van der Waals surface area contributed by atoms with E-state index >= 15 is 0 Å². The van der Waals surface area contributed by atoms with Crippen molar-refractivity contribution in [2.45, 2.75) is 56.7 Å². The molecular formula is C18H28N4O2. The number of fused-ring (bicyclic) bond motifs is 1. The molecule has 2 saturated heterocycles. The monoisotopic (exact) mass is 332 g/mol. The number of nitrogens with one attached hydrogen (secondary N) is 1. The van der Waals surface area contributed by atoms with Gasteiger partial charge in [0, 0.05) is 31.4 Å². The summed E-state index contributed by atoms with van der Waals surface area (Å²) in [6.07, 6.45) is 9.95. The molecule has 132 valence electrons. The Balaban J connectivity index is 1.45. The van der Waals surface area contributed by atoms with Crippen LogP contribution in [0.1, 0.15) is 44.6 Å². The second-order valence-electron chi connectivity index (χ2n) is 7.85. The number of carbonyl (C=O) groups excluding carboxylic acids is 1. The Kier molecular flexibility index (Phi) is 4.12. The van der Waals surface area contributed by atoms with Gasteiger partial charge in [-0.25, -0.2) is 0 Å². The van der Waals surface area contributed by atoms with Crippen LogP contribution in [0.4, 0.5) is 0 Å². The van der Waals surface area contributed by atoms with E-state index in [-0.39, 0.29) is 11.9 Å². The average Bonchev–Trinajstić information content (AvgIpc) is 3.20. The minimum absolute atomic E-state index is 0.00523. The molecule has 1 aliphatic carbocycles. The first kappa shape index (κ1) is 16.1. The molecule has 3 aliphatic rings. The van der Waals surface area contributed by atoms with Gasteiger partial charge >= 0.3 is 0 Å². The highest BCUT2D eigenvalue weighted by Gasteiger charge is 2.43. The van der Waals surface area contributed by atoms with Gasteiger partial charge in [-0.05, 0) is 32.1 Å². The van der Waals surface area contributed by atoms with Gasteiger partial charge in [-0.15, -0.1) is 0 Å². The largest absolute Gasteiger partial charge is 0.367 e. The zero-order valence-corrected chi connectivity index (χ0v) is 14.7. The predicted octanol–water partition coefficient (Wildman–Crippen LogP) is 1.41. The Labute approximate surface area is 143 Å². The summed E-state index contributed by atoms with van der Waals surface area (Å²) in [4.78, 5) is 15.0. The van der Waals surface area contributed by atoms with E-state index < -0.39 is 5.60 Å². The lowest BCUT2D eigenvalue weighted by atomic mass is 9.85. The summed E-state index contributed by atoms with van der Waals surface area (Å²) in [7, 11) is 1.91. The summed E-state index contributed by atoms with van der Waals surface area (Å²) in [5, 5.41) is 7.87. The van der Waals surface area contributed by atoms with Gasteiger partial charge in [0.15, 0.2) is 0 Å². The predicted molar refractivity (Wildman–Crippen MR) is 90.4 cm³/mol. The molecule has 1 N–H and O–H groups in total. The smallest absolute Gasteiger partial charge is 0.239 e. The lowest BCUT2D eigenvalue weighted by Gasteiger charge is -2.41. The molecule has 2 aliphatic heterocycles. The van der Waals surface area contributed by atoms with Crippen molar-refractivity contribution in [1.29, 1.82) is 0 Å². The van der Waals surface area contributed by atoms with E-state index in [0.717, 1.165) is 12.0 Å². The number of hydrogen-bond donors (Lipinski definition) is 1. The van der Waals surface area contributed by atoms with Crippen molar-refractivity contribution in [2.75, 3.05) is 19.7 Å². The Morgan fingerprint density at radius 2 is 2.25 bits per heavy atom. The summed E-state index contributed by atoms with van der Waals surface area (Å²) < 4.78 is 7.82. The maximum absolute atomic E-state index is 13.1. The van der Waals surface area contributed by atoms with Crippen LogP contribution >= 0.6 is 0 Å². The first-order valence-electron chi connectivity index (χ1n) is 9.23. The Bertz CT molecular complexity index is 602. The van der Waals surface area contributed by atoms with E-state index in [1.807, 2.05) is 24.3 Å². The van der Waals surface area contributed by atoms with Gasteiger partial charge in [0.25, 0.3) is 0 Å². The van der Waals surface area contributed by atoms with Crippen molar-refractivity contribution in [3.05, 3.63) is 18.0 Å². The summed E-state index contributed by atoms with van der Waals surface area (Å²) in [6.45, 7) is 3.93. The van der Waals surface area contributed by atoms with Crippen LogP contribution in [0.3, 0.4) is 0 Å². The summed E-state index contributed by atoms with van der Waals surface area (Å²) in [6, 6.07) is 0.549. The molecule has 3 heterocycles. The van der Waals surface area contributed by atoms with Gasteiger partial charge in [-0.2, -0.15) is 5.10 Å². The molecule has 0 aromatic carbocycles. The van der Waals surface area contributed by atoms with Crippen molar-refractivity contribution in [1.82, 2.24) is 20.0 Å². The zero-order chi connectivity index (χ0) is 16.7. The molecule has 4 unspecified atom stereocenters. The fraction of sp³-hybridized carbons (Fsp3) is 0.778. The van der Waals surface area contributed by atoms with Crippen molar-refractivity contribution in [3.8, 4) is 0 Å². The van der Waals surface area contributed by atoms with Crippen LogP contribution < -0.4 is 5.32 Å². The van der Waals surface area contributed by atoms with Crippen LogP contribution in [0.5, 0.6) is 0 Å². The van der Waals surface area contributed by atoms with E-state index in [4.69, 9.17) is 4.74 Å². The van der Waals surface area contributed by atoms with Crippen molar-refractivity contribution < 1.29 is 9.53 Å². The Morgan fingerprint density at radius 3 is 3.00 bits per heavy atom. The van der Waals surface area contributed by atoms with Crippen molar-refractivity contribution in [2.24, 2.45) is 13.0 Å². The number of morpholine rings is 1. The summed E-state index contributed by atoms with van der Waals surface area (Å²) in [5.41, 5.74) is 0.573. The fourth-order valence-corrected chi connectivity index (χ4v) is 4.66. The maximum Gasteiger partial charge on any atom is 0.239 e. The molecular weight excluding hydrogens is 304 g/mol. The van der Waals surface area contributed by atoms with Gasteiger partial charge in [0.1, 0.15) is 5.60 Å². The first-order chi connectivity index (χ1) is 11.5.